The molecule has 0 spiro atoms. The number of thioether (sulfide) groups is 1. The predicted molar refractivity (Wildman–Crippen MR) is 123 cm³/mol. The molecule has 0 radical (unpaired) electrons. The molecule has 1 aromatic heterocycles. The Morgan fingerprint density at radius 3 is 2.43 bits per heavy atom. The number of aromatic nitrogens is 1. The van der Waals surface area contributed by atoms with E-state index in [1.807, 2.05) is 0 Å². The number of nitrogens with one attached hydrogen (secondary N) is 2. The van der Waals surface area contributed by atoms with Gasteiger partial charge in [0.05, 0.1) is 24.1 Å². The van der Waals surface area contributed by atoms with Crippen molar-refractivity contribution >= 4 is 41.0 Å². The smallest absolute Gasteiger partial charge is 0.310 e. The molecular weight excluding hydrogens is 483 g/mol. The summed E-state index contributed by atoms with van der Waals surface area (Å²) in [6, 6.07) is 14.6. The molecular formula is C23H18F3N5O3S. The van der Waals surface area contributed by atoms with Crippen LogP contribution in [0.3, 0.4) is 0 Å². The van der Waals surface area contributed by atoms with Crippen LogP contribution in [0.4, 0.5) is 29.3 Å². The molecule has 0 aliphatic carbocycles. The second-order valence-corrected chi connectivity index (χ2v) is 8.53. The van der Waals surface area contributed by atoms with E-state index < -0.39 is 17.4 Å². The lowest BCUT2D eigenvalue weighted by molar-refractivity contribution is -0.116. The molecule has 35 heavy (non-hydrogen) atoms. The Balaban J connectivity index is 1.43. The molecule has 1 aliphatic rings. The van der Waals surface area contributed by atoms with Gasteiger partial charge in [0.25, 0.3) is 11.8 Å². The van der Waals surface area contributed by atoms with Gasteiger partial charge in [-0.2, -0.15) is 13.2 Å². The van der Waals surface area contributed by atoms with Gasteiger partial charge in [0.15, 0.2) is 0 Å². The summed E-state index contributed by atoms with van der Waals surface area (Å²) in [6.45, 7) is -0.175. The highest BCUT2D eigenvalue weighted by Gasteiger charge is 2.37. The van der Waals surface area contributed by atoms with Gasteiger partial charge in [-0.1, -0.05) is 18.2 Å². The number of rotatable bonds is 7. The van der Waals surface area contributed by atoms with Crippen LogP contribution < -0.4 is 15.8 Å². The molecule has 0 atom stereocenters. The van der Waals surface area contributed by atoms with Crippen LogP contribution in [-0.2, 0) is 11.3 Å². The molecule has 1 saturated heterocycles. The molecule has 1 fully saturated rings. The number of hydrazine groups is 1. The van der Waals surface area contributed by atoms with Gasteiger partial charge in [-0.3, -0.25) is 25.4 Å². The third-order valence-electron chi connectivity index (χ3n) is 4.99. The number of carbonyl (C=O) groups excluding carboxylic acids is 3. The quantitative estimate of drug-likeness (QED) is 0.283. The number of hydrogen-bond donors (Lipinski definition) is 2. The number of imide groups is 1. The molecule has 4 rings (SSSR count). The van der Waals surface area contributed by atoms with E-state index in [2.05, 4.69) is 15.8 Å². The van der Waals surface area contributed by atoms with Gasteiger partial charge in [0.1, 0.15) is 6.54 Å². The van der Waals surface area contributed by atoms with E-state index in [1.54, 1.807) is 36.4 Å². The number of alkyl halides is 3. The molecule has 0 saturated carbocycles. The summed E-state index contributed by atoms with van der Waals surface area (Å²) in [7, 11) is 0. The van der Waals surface area contributed by atoms with Crippen molar-refractivity contribution in [3.8, 4) is 0 Å². The van der Waals surface area contributed by atoms with Crippen molar-refractivity contribution in [2.45, 2.75) is 16.9 Å². The molecule has 1 aliphatic heterocycles. The van der Waals surface area contributed by atoms with E-state index in [9.17, 15) is 27.6 Å². The van der Waals surface area contributed by atoms with E-state index >= 15 is 0 Å². The van der Waals surface area contributed by atoms with Gasteiger partial charge in [0, 0.05) is 16.7 Å². The van der Waals surface area contributed by atoms with Crippen molar-refractivity contribution in [1.29, 1.82) is 0 Å². The summed E-state index contributed by atoms with van der Waals surface area (Å²) >= 11 is -0.279. The lowest BCUT2D eigenvalue weighted by Crippen LogP contribution is -2.33. The average Bonchev–Trinajstić information content (AvgIpc) is 3.11. The fraction of sp³-hybridized carbons (Fsp3) is 0.130. The van der Waals surface area contributed by atoms with Crippen molar-refractivity contribution in [1.82, 2.24) is 15.3 Å². The van der Waals surface area contributed by atoms with E-state index in [-0.39, 0.29) is 41.3 Å². The first-order valence-corrected chi connectivity index (χ1v) is 11.0. The van der Waals surface area contributed by atoms with Gasteiger partial charge in [-0.25, -0.2) is 9.69 Å². The number of anilines is 2. The van der Waals surface area contributed by atoms with Gasteiger partial charge < -0.3 is 4.90 Å². The topological polar surface area (TPSA) is 94.6 Å². The summed E-state index contributed by atoms with van der Waals surface area (Å²) in [6.07, 6.45) is 2.98. The molecule has 4 amide bonds. The molecule has 180 valence electrons. The van der Waals surface area contributed by atoms with Gasteiger partial charge in [-0.15, -0.1) is 0 Å². The average molecular weight is 501 g/mol. The van der Waals surface area contributed by atoms with E-state index in [0.717, 1.165) is 4.90 Å². The number of halogens is 3. The van der Waals surface area contributed by atoms with Crippen LogP contribution in [0, 0.1) is 0 Å². The third-order valence-corrected chi connectivity index (χ3v) is 5.72. The lowest BCUT2D eigenvalue weighted by atomic mass is 10.2. The van der Waals surface area contributed by atoms with Crippen LogP contribution >= 0.6 is 11.8 Å². The second-order valence-electron chi connectivity index (χ2n) is 7.39. The zero-order valence-electron chi connectivity index (χ0n) is 18.0. The van der Waals surface area contributed by atoms with Crippen molar-refractivity contribution in [3.05, 3.63) is 84.2 Å². The summed E-state index contributed by atoms with van der Waals surface area (Å²) in [5, 5.41) is 0. The molecule has 12 heteroatoms. The molecule has 2 N–H and O–H groups in total. The standard InChI is InChI=1S/C23H18F3N5O3S/c24-23(25,26)35-18-8-6-17(7-9-18)31-20(32)14-30(22(31)34)13-16-10-11-27-12-19(16)28-29-21(33)15-4-2-1-3-5-15/h1-12,28H,13-14H2,(H,29,33). The minimum atomic E-state index is -4.44. The van der Waals surface area contributed by atoms with Crippen molar-refractivity contribution in [3.63, 3.8) is 0 Å². The summed E-state index contributed by atoms with van der Waals surface area (Å²) in [5.74, 6) is -0.877. The van der Waals surface area contributed by atoms with Crippen LogP contribution in [-0.4, -0.2) is 39.8 Å². The van der Waals surface area contributed by atoms with Crippen LogP contribution in [0.1, 0.15) is 15.9 Å². The number of nitrogens with zero attached hydrogens (tertiary/aromatic N) is 3. The van der Waals surface area contributed by atoms with Crippen molar-refractivity contribution < 1.29 is 27.6 Å². The van der Waals surface area contributed by atoms with Gasteiger partial charge in [-0.05, 0) is 59.8 Å². The summed E-state index contributed by atoms with van der Waals surface area (Å²) in [5.41, 5.74) is 2.56. The fourth-order valence-electron chi connectivity index (χ4n) is 3.39. The Bertz CT molecular complexity index is 1240. The number of hydrogen-bond acceptors (Lipinski definition) is 6. The third kappa shape index (κ3) is 5.90. The molecule has 2 heterocycles. The highest BCUT2D eigenvalue weighted by atomic mass is 32.2. The van der Waals surface area contributed by atoms with Crippen LogP contribution in [0.5, 0.6) is 0 Å². The molecule has 3 aromatic rings. The normalized spacial score (nSPS) is 13.8. The van der Waals surface area contributed by atoms with Crippen molar-refractivity contribution in [2.24, 2.45) is 0 Å². The first-order valence-electron chi connectivity index (χ1n) is 10.2. The van der Waals surface area contributed by atoms with Crippen molar-refractivity contribution in [2.75, 3.05) is 16.9 Å². The minimum Gasteiger partial charge on any atom is -0.310 e. The zero-order valence-corrected chi connectivity index (χ0v) is 18.8. The van der Waals surface area contributed by atoms with Gasteiger partial charge >= 0.3 is 11.5 Å². The Morgan fingerprint density at radius 2 is 1.74 bits per heavy atom. The van der Waals surface area contributed by atoms with Gasteiger partial charge in [0.2, 0.25) is 0 Å². The number of benzene rings is 2. The molecule has 8 nitrogen and oxygen atoms in total. The highest BCUT2D eigenvalue weighted by molar-refractivity contribution is 8.00. The number of urea groups is 1. The SMILES string of the molecule is O=C(NNc1cnccc1CN1CC(=O)N(c2ccc(SC(F)(F)F)cc2)C1=O)c1ccccc1. The summed E-state index contributed by atoms with van der Waals surface area (Å²) in [4.78, 5) is 44.0. The molecule has 0 bridgehead atoms. The zero-order chi connectivity index (χ0) is 25.0. The number of amides is 4. The predicted octanol–water partition coefficient (Wildman–Crippen LogP) is 4.42. The summed E-state index contributed by atoms with van der Waals surface area (Å²) < 4.78 is 37.6. The second kappa shape index (κ2) is 10.1. The Hall–Kier alpha value is -4.06. The maximum atomic E-state index is 12.9. The highest BCUT2D eigenvalue weighted by Crippen LogP contribution is 2.37. The Labute approximate surface area is 202 Å². The maximum Gasteiger partial charge on any atom is 0.446 e. The lowest BCUT2D eigenvalue weighted by Gasteiger charge is -2.19. The first-order chi connectivity index (χ1) is 16.7. The number of carbonyl (C=O) groups is 3. The maximum absolute atomic E-state index is 12.9. The molecule has 0 unspecified atom stereocenters. The minimum absolute atomic E-state index is 0.0368. The molecule has 2 aromatic carbocycles. The largest absolute Gasteiger partial charge is 0.446 e. The fourth-order valence-corrected chi connectivity index (χ4v) is 3.93. The van der Waals surface area contributed by atoms with Crippen LogP contribution in [0.15, 0.2) is 78.0 Å². The van der Waals surface area contributed by atoms with E-state index in [1.165, 1.54) is 41.6 Å². The van der Waals surface area contributed by atoms with E-state index in [4.69, 9.17) is 0 Å². The first kappa shape index (κ1) is 24.1. The van der Waals surface area contributed by atoms with Crippen LogP contribution in [0.25, 0.3) is 0 Å². The Kier molecular flexibility index (Phi) is 6.92. The Morgan fingerprint density at radius 1 is 1.03 bits per heavy atom. The van der Waals surface area contributed by atoms with E-state index in [0.29, 0.717) is 16.8 Å². The van der Waals surface area contributed by atoms with Crippen LogP contribution in [0.2, 0.25) is 0 Å². The monoisotopic (exact) mass is 501 g/mol. The number of pyridine rings is 1.